The molecule has 0 spiro atoms. The van der Waals surface area contributed by atoms with Crippen LogP contribution in [0.1, 0.15) is 15.9 Å². The molecule has 0 heterocycles. The minimum atomic E-state index is -1.04. The van der Waals surface area contributed by atoms with Gasteiger partial charge in [0.2, 0.25) is 0 Å². The second-order valence-electron chi connectivity index (χ2n) is 3.83. The van der Waals surface area contributed by atoms with Gasteiger partial charge in [-0.2, -0.15) is 0 Å². The Morgan fingerprint density at radius 2 is 2.00 bits per heavy atom. The molecule has 0 fully saturated rings. The molecule has 98 valence electrons. The van der Waals surface area contributed by atoms with E-state index in [2.05, 4.69) is 15.9 Å². The van der Waals surface area contributed by atoms with Crippen LogP contribution < -0.4 is 4.74 Å². The maximum Gasteiger partial charge on any atom is 0.339 e. The highest BCUT2D eigenvalue weighted by Gasteiger charge is 2.12. The van der Waals surface area contributed by atoms with E-state index in [4.69, 9.17) is 21.4 Å². The number of benzene rings is 2. The van der Waals surface area contributed by atoms with E-state index in [-0.39, 0.29) is 17.9 Å². The molecule has 5 heteroatoms. The molecule has 0 saturated carbocycles. The van der Waals surface area contributed by atoms with Gasteiger partial charge in [0.05, 0.1) is 0 Å². The van der Waals surface area contributed by atoms with E-state index >= 15 is 0 Å². The van der Waals surface area contributed by atoms with E-state index in [0.29, 0.717) is 5.02 Å². The van der Waals surface area contributed by atoms with Crippen LogP contribution in [0.4, 0.5) is 0 Å². The van der Waals surface area contributed by atoms with Crippen LogP contribution in [0, 0.1) is 0 Å². The molecule has 3 nitrogen and oxygen atoms in total. The molecule has 2 rings (SSSR count). The van der Waals surface area contributed by atoms with Crippen molar-refractivity contribution < 1.29 is 14.6 Å². The highest BCUT2D eigenvalue weighted by Crippen LogP contribution is 2.25. The topological polar surface area (TPSA) is 46.5 Å². The zero-order valence-electron chi connectivity index (χ0n) is 9.77. The molecule has 0 amide bonds. The smallest absolute Gasteiger partial charge is 0.339 e. The summed E-state index contributed by atoms with van der Waals surface area (Å²) >= 11 is 9.26. The summed E-state index contributed by atoms with van der Waals surface area (Å²) in [4.78, 5) is 11.1. The Morgan fingerprint density at radius 3 is 2.68 bits per heavy atom. The average molecular weight is 342 g/mol. The summed E-state index contributed by atoms with van der Waals surface area (Å²) in [6.45, 7) is 0.266. The number of hydrogen-bond acceptors (Lipinski definition) is 2. The summed E-state index contributed by atoms with van der Waals surface area (Å²) < 4.78 is 6.46. The molecule has 1 N–H and O–H groups in total. The van der Waals surface area contributed by atoms with Crippen LogP contribution >= 0.6 is 27.5 Å². The summed E-state index contributed by atoms with van der Waals surface area (Å²) in [5.74, 6) is -0.783. The highest BCUT2D eigenvalue weighted by molar-refractivity contribution is 9.10. The molecule has 0 saturated heterocycles. The number of ether oxygens (including phenoxy) is 1. The number of rotatable bonds is 4. The molecule has 0 aliphatic rings. The molecule has 0 aromatic heterocycles. The van der Waals surface area contributed by atoms with Crippen LogP contribution in [0.5, 0.6) is 5.75 Å². The van der Waals surface area contributed by atoms with E-state index < -0.39 is 5.97 Å². The number of carboxylic acid groups (broad SMARTS) is 1. The van der Waals surface area contributed by atoms with Crippen LogP contribution in [0.25, 0.3) is 0 Å². The van der Waals surface area contributed by atoms with Gasteiger partial charge in [0.25, 0.3) is 0 Å². The van der Waals surface area contributed by atoms with Gasteiger partial charge < -0.3 is 9.84 Å². The van der Waals surface area contributed by atoms with Gasteiger partial charge in [-0.15, -0.1) is 0 Å². The summed E-state index contributed by atoms with van der Waals surface area (Å²) in [7, 11) is 0. The van der Waals surface area contributed by atoms with Crippen LogP contribution in [0.15, 0.2) is 46.9 Å². The summed E-state index contributed by atoms with van der Waals surface area (Å²) in [5, 5.41) is 9.51. The monoisotopic (exact) mass is 340 g/mol. The molecule has 2 aromatic rings. The normalized spacial score (nSPS) is 10.2. The van der Waals surface area contributed by atoms with Gasteiger partial charge in [-0.3, -0.25) is 0 Å². The van der Waals surface area contributed by atoms with E-state index in [1.807, 2.05) is 24.3 Å². The second kappa shape index (κ2) is 6.08. The Hall–Kier alpha value is -1.52. The van der Waals surface area contributed by atoms with Crippen molar-refractivity contribution in [2.45, 2.75) is 6.61 Å². The molecule has 19 heavy (non-hydrogen) atoms. The molecule has 0 atom stereocenters. The lowest BCUT2D eigenvalue weighted by Crippen LogP contribution is -2.03. The third-order valence-corrected chi connectivity index (χ3v) is 3.52. The molecule has 0 aliphatic carbocycles. The average Bonchev–Trinajstić information content (AvgIpc) is 2.37. The van der Waals surface area contributed by atoms with E-state index in [1.165, 1.54) is 18.2 Å². The van der Waals surface area contributed by atoms with Crippen molar-refractivity contribution in [1.82, 2.24) is 0 Å². The van der Waals surface area contributed by atoms with E-state index in [1.54, 1.807) is 0 Å². The van der Waals surface area contributed by atoms with Gasteiger partial charge in [0.15, 0.2) is 0 Å². The van der Waals surface area contributed by atoms with Crippen LogP contribution in [0.2, 0.25) is 5.02 Å². The zero-order valence-corrected chi connectivity index (χ0v) is 12.1. The van der Waals surface area contributed by atoms with Gasteiger partial charge >= 0.3 is 5.97 Å². The van der Waals surface area contributed by atoms with Gasteiger partial charge in [-0.05, 0) is 24.3 Å². The van der Waals surface area contributed by atoms with Crippen LogP contribution in [-0.2, 0) is 6.61 Å². The summed E-state index contributed by atoms with van der Waals surface area (Å²) in [5.41, 5.74) is 1.02. The fourth-order valence-corrected chi connectivity index (χ4v) is 2.12. The number of carboxylic acids is 1. The minimum Gasteiger partial charge on any atom is -0.488 e. The van der Waals surface area contributed by atoms with Crippen molar-refractivity contribution >= 4 is 33.5 Å². The molecule has 0 bridgehead atoms. The van der Waals surface area contributed by atoms with Crippen LogP contribution in [-0.4, -0.2) is 11.1 Å². The predicted octanol–water partition coefficient (Wildman–Crippen LogP) is 4.38. The predicted molar refractivity (Wildman–Crippen MR) is 76.9 cm³/mol. The number of aromatic carboxylic acids is 1. The maximum absolute atomic E-state index is 11.1. The van der Waals surface area contributed by atoms with Crippen molar-refractivity contribution in [3.8, 4) is 5.75 Å². The highest BCUT2D eigenvalue weighted by atomic mass is 79.9. The minimum absolute atomic E-state index is 0.0939. The Morgan fingerprint density at radius 1 is 1.26 bits per heavy atom. The van der Waals surface area contributed by atoms with Crippen molar-refractivity contribution in [3.63, 3.8) is 0 Å². The van der Waals surface area contributed by atoms with Crippen molar-refractivity contribution in [2.75, 3.05) is 0 Å². The SMILES string of the molecule is O=C(O)c1ccc(Cl)cc1OCc1ccccc1Br. The fourth-order valence-electron chi connectivity index (χ4n) is 1.56. The lowest BCUT2D eigenvalue weighted by molar-refractivity contribution is 0.0692. The number of hydrogen-bond donors (Lipinski definition) is 1. The fraction of sp³-hybridized carbons (Fsp3) is 0.0714. The van der Waals surface area contributed by atoms with Crippen molar-refractivity contribution in [1.29, 1.82) is 0 Å². The second-order valence-corrected chi connectivity index (χ2v) is 5.12. The van der Waals surface area contributed by atoms with E-state index in [0.717, 1.165) is 10.0 Å². The molecular formula is C14H10BrClO3. The van der Waals surface area contributed by atoms with Gasteiger partial charge in [0.1, 0.15) is 17.9 Å². The first-order valence-electron chi connectivity index (χ1n) is 5.47. The quantitative estimate of drug-likeness (QED) is 0.897. The lowest BCUT2D eigenvalue weighted by Gasteiger charge is -2.10. The maximum atomic E-state index is 11.1. The molecule has 0 unspecified atom stereocenters. The molecule has 2 aromatic carbocycles. The Labute approximate surface area is 123 Å². The first-order valence-corrected chi connectivity index (χ1v) is 6.64. The van der Waals surface area contributed by atoms with Crippen molar-refractivity contribution in [2.24, 2.45) is 0 Å². The largest absolute Gasteiger partial charge is 0.488 e. The number of carbonyl (C=O) groups is 1. The number of halogens is 2. The summed E-state index contributed by atoms with van der Waals surface area (Å²) in [6.07, 6.45) is 0. The lowest BCUT2D eigenvalue weighted by atomic mass is 10.2. The zero-order chi connectivity index (χ0) is 13.8. The molecule has 0 radical (unpaired) electrons. The Kier molecular flexibility index (Phi) is 4.45. The van der Waals surface area contributed by atoms with Crippen molar-refractivity contribution in [3.05, 3.63) is 63.1 Å². The van der Waals surface area contributed by atoms with Gasteiger partial charge in [-0.1, -0.05) is 45.7 Å². The molecule has 0 aliphatic heterocycles. The first-order chi connectivity index (χ1) is 9.08. The Balaban J connectivity index is 2.22. The van der Waals surface area contributed by atoms with Gasteiger partial charge in [0, 0.05) is 15.1 Å². The summed E-state index contributed by atoms with van der Waals surface area (Å²) in [6, 6.07) is 12.0. The first kappa shape index (κ1) is 13.9. The third kappa shape index (κ3) is 3.49. The van der Waals surface area contributed by atoms with Crippen LogP contribution in [0.3, 0.4) is 0 Å². The third-order valence-electron chi connectivity index (χ3n) is 2.52. The Bertz CT molecular complexity index is 613. The molecular weight excluding hydrogens is 332 g/mol. The van der Waals surface area contributed by atoms with E-state index in [9.17, 15) is 4.79 Å². The standard InChI is InChI=1S/C14H10BrClO3/c15-12-4-2-1-3-9(12)8-19-13-7-10(16)5-6-11(13)14(17)18/h1-7H,8H2,(H,17,18). The van der Waals surface area contributed by atoms with Gasteiger partial charge in [-0.25, -0.2) is 4.79 Å².